The second kappa shape index (κ2) is 9.35. The Labute approximate surface area is 188 Å². The van der Waals surface area contributed by atoms with Gasteiger partial charge in [-0.05, 0) is 23.3 Å². The Balaban J connectivity index is 2.80. The van der Waals surface area contributed by atoms with E-state index in [1.165, 1.54) is 33.7 Å². The summed E-state index contributed by atoms with van der Waals surface area (Å²) in [5.74, 6) is 0. The lowest BCUT2D eigenvalue weighted by atomic mass is 9.95. The van der Waals surface area contributed by atoms with Crippen LogP contribution in [0.5, 0.6) is 0 Å². The van der Waals surface area contributed by atoms with Crippen LogP contribution in [0.3, 0.4) is 0 Å². The van der Waals surface area contributed by atoms with E-state index in [2.05, 4.69) is 0 Å². The highest BCUT2D eigenvalue weighted by molar-refractivity contribution is 7.90. The van der Waals surface area contributed by atoms with Crippen molar-refractivity contribution >= 4 is 43.2 Å². The van der Waals surface area contributed by atoms with Crippen molar-refractivity contribution in [2.24, 2.45) is 0 Å². The molecule has 0 fully saturated rings. The first-order chi connectivity index (χ1) is 14.5. The number of benzene rings is 2. The third-order valence-electron chi connectivity index (χ3n) is 3.99. The molecule has 2 aromatic rings. The zero-order valence-corrected chi connectivity index (χ0v) is 18.4. The maximum Gasteiger partial charge on any atom is 0.511 e. The molecule has 0 saturated heterocycles. The molecule has 2 rings (SSSR count). The van der Waals surface area contributed by atoms with Gasteiger partial charge in [-0.15, -0.1) is 0 Å². The summed E-state index contributed by atoms with van der Waals surface area (Å²) in [6, 6.07) is 4.73. The molecular formula is C16H12Cl2F6N2O4S2. The van der Waals surface area contributed by atoms with Crippen LogP contribution in [0.4, 0.5) is 26.3 Å². The summed E-state index contributed by atoms with van der Waals surface area (Å²) >= 11 is 11.9. The summed E-state index contributed by atoms with van der Waals surface area (Å²) < 4.78 is 128. The van der Waals surface area contributed by atoms with Gasteiger partial charge in [-0.25, -0.2) is 16.8 Å². The van der Waals surface area contributed by atoms with Gasteiger partial charge in [-0.2, -0.15) is 35.8 Å². The van der Waals surface area contributed by atoms with Crippen molar-refractivity contribution in [3.63, 3.8) is 0 Å². The van der Waals surface area contributed by atoms with Gasteiger partial charge >= 0.3 is 31.1 Å². The van der Waals surface area contributed by atoms with Gasteiger partial charge in [0.1, 0.15) is 0 Å². The lowest BCUT2D eigenvalue weighted by Crippen LogP contribution is -2.47. The Morgan fingerprint density at radius 3 is 1.16 bits per heavy atom. The van der Waals surface area contributed by atoms with Gasteiger partial charge < -0.3 is 0 Å². The molecule has 2 N–H and O–H groups in total. The van der Waals surface area contributed by atoms with E-state index < -0.39 is 54.3 Å². The van der Waals surface area contributed by atoms with Crippen LogP contribution in [0, 0.1) is 0 Å². The molecule has 0 unspecified atom stereocenters. The van der Waals surface area contributed by atoms with Crippen molar-refractivity contribution in [2.75, 3.05) is 0 Å². The number of sulfonamides is 2. The number of alkyl halides is 6. The van der Waals surface area contributed by atoms with Crippen LogP contribution in [0.1, 0.15) is 23.2 Å². The first kappa shape index (κ1) is 26.7. The minimum Gasteiger partial charge on any atom is -0.203 e. The van der Waals surface area contributed by atoms with Crippen LogP contribution in [0.2, 0.25) is 10.0 Å². The molecule has 0 spiro atoms. The molecule has 0 aliphatic heterocycles. The summed E-state index contributed by atoms with van der Waals surface area (Å²) in [4.78, 5) is 0. The summed E-state index contributed by atoms with van der Waals surface area (Å²) in [6.07, 6.45) is 0. The highest BCUT2D eigenvalue weighted by atomic mass is 35.5. The molecule has 0 radical (unpaired) electrons. The SMILES string of the molecule is O=S(=O)(N[C@H](c1ccccc1Cl)[C@H](NS(=O)(=O)C(F)(F)F)c1ccccc1Cl)C(F)(F)F. The van der Waals surface area contributed by atoms with Crippen LogP contribution >= 0.6 is 23.2 Å². The molecule has 178 valence electrons. The highest BCUT2D eigenvalue weighted by Crippen LogP contribution is 2.39. The fraction of sp³-hybridized carbons (Fsp3) is 0.250. The average Bonchev–Trinajstić information content (AvgIpc) is 2.64. The first-order valence-electron chi connectivity index (χ1n) is 8.14. The van der Waals surface area contributed by atoms with E-state index >= 15 is 0 Å². The van der Waals surface area contributed by atoms with Crippen LogP contribution < -0.4 is 9.44 Å². The maximum atomic E-state index is 13.1. The lowest BCUT2D eigenvalue weighted by Gasteiger charge is -2.31. The van der Waals surface area contributed by atoms with E-state index in [0.29, 0.717) is 0 Å². The predicted molar refractivity (Wildman–Crippen MR) is 105 cm³/mol. The van der Waals surface area contributed by atoms with E-state index in [4.69, 9.17) is 23.2 Å². The Bertz CT molecular complexity index is 1090. The van der Waals surface area contributed by atoms with Crippen molar-refractivity contribution < 1.29 is 43.2 Å². The third kappa shape index (κ3) is 5.85. The van der Waals surface area contributed by atoms with Crippen molar-refractivity contribution in [1.82, 2.24) is 9.44 Å². The molecular weight excluding hydrogens is 533 g/mol. The Morgan fingerprint density at radius 2 is 0.906 bits per heavy atom. The number of hydrogen-bond donors (Lipinski definition) is 2. The number of halogens is 8. The second-order valence-electron chi connectivity index (χ2n) is 6.13. The van der Waals surface area contributed by atoms with Crippen LogP contribution in [0.15, 0.2) is 48.5 Å². The fourth-order valence-electron chi connectivity index (χ4n) is 2.54. The maximum absolute atomic E-state index is 13.1. The predicted octanol–water partition coefficient (Wildman–Crippen LogP) is 4.65. The zero-order chi connectivity index (χ0) is 24.5. The Morgan fingerprint density at radius 1 is 0.625 bits per heavy atom. The average molecular weight is 545 g/mol. The number of hydrogen-bond acceptors (Lipinski definition) is 4. The quantitative estimate of drug-likeness (QED) is 0.496. The van der Waals surface area contributed by atoms with Crippen LogP contribution in [-0.4, -0.2) is 27.9 Å². The fourth-order valence-corrected chi connectivity index (χ4v) is 4.51. The van der Waals surface area contributed by atoms with Gasteiger partial charge in [0.25, 0.3) is 0 Å². The molecule has 16 heteroatoms. The molecule has 0 saturated carbocycles. The van der Waals surface area contributed by atoms with E-state index in [1.54, 1.807) is 0 Å². The van der Waals surface area contributed by atoms with E-state index in [-0.39, 0.29) is 10.0 Å². The topological polar surface area (TPSA) is 92.3 Å². The Hall–Kier alpha value is -1.58. The van der Waals surface area contributed by atoms with Gasteiger partial charge in [-0.1, -0.05) is 59.6 Å². The third-order valence-corrected chi connectivity index (χ3v) is 7.02. The molecule has 32 heavy (non-hydrogen) atoms. The lowest BCUT2D eigenvalue weighted by molar-refractivity contribution is -0.0465. The number of nitrogens with one attached hydrogen (secondary N) is 2. The molecule has 0 bridgehead atoms. The molecule has 2 atom stereocenters. The van der Waals surface area contributed by atoms with E-state index in [0.717, 1.165) is 24.3 Å². The normalized spacial score (nSPS) is 15.4. The molecule has 0 aliphatic rings. The van der Waals surface area contributed by atoms with Crippen molar-refractivity contribution in [3.05, 3.63) is 69.7 Å². The van der Waals surface area contributed by atoms with Crippen molar-refractivity contribution in [2.45, 2.75) is 23.1 Å². The van der Waals surface area contributed by atoms with Gasteiger partial charge in [0.2, 0.25) is 0 Å². The van der Waals surface area contributed by atoms with E-state index in [1.807, 2.05) is 0 Å². The monoisotopic (exact) mass is 544 g/mol. The van der Waals surface area contributed by atoms with Gasteiger partial charge in [-0.3, -0.25) is 0 Å². The van der Waals surface area contributed by atoms with Crippen LogP contribution in [-0.2, 0) is 20.0 Å². The Kier molecular flexibility index (Phi) is 7.79. The second-order valence-corrected chi connectivity index (χ2v) is 10.4. The molecule has 2 aromatic carbocycles. The first-order valence-corrected chi connectivity index (χ1v) is 11.9. The van der Waals surface area contributed by atoms with E-state index in [9.17, 15) is 43.2 Å². The smallest absolute Gasteiger partial charge is 0.203 e. The molecule has 0 aliphatic carbocycles. The van der Waals surface area contributed by atoms with Gasteiger partial charge in [0, 0.05) is 10.0 Å². The molecule has 0 amide bonds. The molecule has 6 nitrogen and oxygen atoms in total. The van der Waals surface area contributed by atoms with Crippen LogP contribution in [0.25, 0.3) is 0 Å². The van der Waals surface area contributed by atoms with Gasteiger partial charge in [0.15, 0.2) is 0 Å². The zero-order valence-electron chi connectivity index (χ0n) is 15.2. The van der Waals surface area contributed by atoms with Crippen molar-refractivity contribution in [3.8, 4) is 0 Å². The largest absolute Gasteiger partial charge is 0.511 e. The standard InChI is InChI=1S/C16H12Cl2F6N2O4S2/c17-11-7-3-1-5-9(11)13(25-31(27,28)15(19,20)21)14(10-6-2-4-8-12(10)18)26-32(29,30)16(22,23)24/h1-8,13-14,25-26H/t13-,14-/m1/s1. The minimum atomic E-state index is -6.19. The highest BCUT2D eigenvalue weighted by Gasteiger charge is 2.51. The van der Waals surface area contributed by atoms with Crippen molar-refractivity contribution in [1.29, 1.82) is 0 Å². The van der Waals surface area contributed by atoms with Gasteiger partial charge in [0.05, 0.1) is 12.1 Å². The summed E-state index contributed by atoms with van der Waals surface area (Å²) in [6.45, 7) is 0. The summed E-state index contributed by atoms with van der Waals surface area (Å²) in [5.41, 5.74) is -12.6. The summed E-state index contributed by atoms with van der Waals surface area (Å²) in [5, 5.41) is -0.712. The number of rotatable bonds is 7. The molecule has 0 heterocycles. The summed E-state index contributed by atoms with van der Waals surface area (Å²) in [7, 11) is -12.4. The minimum absolute atomic E-state index is 0.356. The molecule has 0 aromatic heterocycles.